The van der Waals surface area contributed by atoms with Crippen LogP contribution < -0.4 is 0 Å². The van der Waals surface area contributed by atoms with E-state index in [9.17, 15) is 0 Å². The van der Waals surface area contributed by atoms with E-state index in [1.54, 1.807) is 0 Å². The predicted molar refractivity (Wildman–Crippen MR) is 65.1 cm³/mol. The molecule has 0 N–H and O–H groups in total. The number of nitrogens with zero attached hydrogens (tertiary/aromatic N) is 3. The van der Waals surface area contributed by atoms with Crippen LogP contribution in [0.25, 0.3) is 0 Å². The van der Waals surface area contributed by atoms with E-state index in [1.165, 1.54) is 25.7 Å². The van der Waals surface area contributed by atoms with Crippen LogP contribution in [0, 0.1) is 11.3 Å². The molecule has 2 rings (SSSR count). The van der Waals surface area contributed by atoms with Gasteiger partial charge in [-0.2, -0.15) is 5.26 Å². The van der Waals surface area contributed by atoms with Gasteiger partial charge >= 0.3 is 0 Å². The van der Waals surface area contributed by atoms with Gasteiger partial charge in [0.15, 0.2) is 0 Å². The van der Waals surface area contributed by atoms with Crippen LogP contribution in [-0.2, 0) is 0 Å². The Kier molecular flexibility index (Phi) is 3.83. The fourth-order valence-corrected chi connectivity index (χ4v) is 3.18. The summed E-state index contributed by atoms with van der Waals surface area (Å²) in [6.07, 6.45) is 6.14. The summed E-state index contributed by atoms with van der Waals surface area (Å²) in [5, 5.41) is 8.94. The Balaban J connectivity index is 2.03. The van der Waals surface area contributed by atoms with Crippen LogP contribution in [0.5, 0.6) is 0 Å². The highest BCUT2D eigenvalue weighted by atomic mass is 15.3. The Morgan fingerprint density at radius 2 is 1.94 bits per heavy atom. The molecule has 0 aromatic heterocycles. The van der Waals surface area contributed by atoms with Crippen molar-refractivity contribution in [3.8, 4) is 6.07 Å². The SMILES string of the molecule is CC1CN(C2CCCC2)C(CC#N)CN1C. The minimum absolute atomic E-state index is 0.467. The molecule has 90 valence electrons. The molecule has 2 atom stereocenters. The monoisotopic (exact) mass is 221 g/mol. The molecule has 2 fully saturated rings. The van der Waals surface area contributed by atoms with Crippen LogP contribution in [-0.4, -0.2) is 48.1 Å². The molecule has 0 bridgehead atoms. The van der Waals surface area contributed by atoms with Gasteiger partial charge in [0.05, 0.1) is 12.5 Å². The van der Waals surface area contributed by atoms with Crippen molar-refractivity contribution in [2.75, 3.05) is 20.1 Å². The molecule has 1 saturated heterocycles. The molecular formula is C13H23N3. The molecule has 0 spiro atoms. The van der Waals surface area contributed by atoms with Crippen molar-refractivity contribution in [1.82, 2.24) is 9.80 Å². The fraction of sp³-hybridized carbons (Fsp3) is 0.923. The third-order valence-electron chi connectivity index (χ3n) is 4.32. The van der Waals surface area contributed by atoms with Crippen LogP contribution in [0.15, 0.2) is 0 Å². The lowest BCUT2D eigenvalue weighted by molar-refractivity contribution is 0.0240. The first-order valence-electron chi connectivity index (χ1n) is 6.55. The van der Waals surface area contributed by atoms with E-state index >= 15 is 0 Å². The maximum atomic E-state index is 8.94. The molecule has 0 radical (unpaired) electrons. The van der Waals surface area contributed by atoms with Crippen LogP contribution in [0.4, 0.5) is 0 Å². The average molecular weight is 221 g/mol. The predicted octanol–water partition coefficient (Wildman–Crippen LogP) is 1.85. The van der Waals surface area contributed by atoms with Crippen LogP contribution in [0.1, 0.15) is 39.0 Å². The number of likely N-dealkylation sites (N-methyl/N-ethyl adjacent to an activating group) is 1. The molecule has 3 heteroatoms. The summed E-state index contributed by atoms with van der Waals surface area (Å²) in [6.45, 7) is 4.50. The van der Waals surface area contributed by atoms with E-state index in [4.69, 9.17) is 5.26 Å². The second-order valence-electron chi connectivity index (χ2n) is 5.44. The minimum Gasteiger partial charge on any atom is -0.301 e. The summed E-state index contributed by atoms with van der Waals surface area (Å²) in [7, 11) is 2.18. The number of hydrogen-bond acceptors (Lipinski definition) is 3. The normalized spacial score (nSPS) is 34.1. The summed E-state index contributed by atoms with van der Waals surface area (Å²) >= 11 is 0. The van der Waals surface area contributed by atoms with Gasteiger partial charge in [0.2, 0.25) is 0 Å². The zero-order chi connectivity index (χ0) is 11.5. The molecular weight excluding hydrogens is 198 g/mol. The van der Waals surface area contributed by atoms with E-state index in [0.717, 1.165) is 19.1 Å². The lowest BCUT2D eigenvalue weighted by Crippen LogP contribution is -2.58. The van der Waals surface area contributed by atoms with E-state index in [1.807, 2.05) is 0 Å². The molecule has 2 aliphatic rings. The summed E-state index contributed by atoms with van der Waals surface area (Å²) in [4.78, 5) is 5.02. The largest absolute Gasteiger partial charge is 0.301 e. The Hall–Kier alpha value is -0.590. The molecule has 1 saturated carbocycles. The van der Waals surface area contributed by atoms with Gasteiger partial charge in [-0.3, -0.25) is 4.90 Å². The number of nitriles is 1. The van der Waals surface area contributed by atoms with Gasteiger partial charge in [-0.15, -0.1) is 0 Å². The third-order valence-corrected chi connectivity index (χ3v) is 4.32. The van der Waals surface area contributed by atoms with Gasteiger partial charge in [-0.1, -0.05) is 12.8 Å². The summed E-state index contributed by atoms with van der Waals surface area (Å²) in [5.74, 6) is 0. The maximum Gasteiger partial charge on any atom is 0.0638 e. The highest BCUT2D eigenvalue weighted by molar-refractivity contribution is 4.94. The quantitative estimate of drug-likeness (QED) is 0.713. The maximum absolute atomic E-state index is 8.94. The standard InChI is InChI=1S/C13H23N3/c1-11-9-16(12-5-3-4-6-12)13(7-8-14)10-15(11)2/h11-13H,3-7,9-10H2,1-2H3. The van der Waals surface area contributed by atoms with Gasteiger partial charge in [0.25, 0.3) is 0 Å². The molecule has 0 aromatic carbocycles. The molecule has 0 amide bonds. The van der Waals surface area contributed by atoms with E-state index in [-0.39, 0.29) is 0 Å². The van der Waals surface area contributed by atoms with Gasteiger partial charge in [0.1, 0.15) is 0 Å². The van der Waals surface area contributed by atoms with E-state index in [0.29, 0.717) is 18.5 Å². The minimum atomic E-state index is 0.467. The zero-order valence-corrected chi connectivity index (χ0v) is 10.5. The molecule has 1 aliphatic carbocycles. The molecule has 2 unspecified atom stereocenters. The summed E-state index contributed by atoms with van der Waals surface area (Å²) in [5.41, 5.74) is 0. The van der Waals surface area contributed by atoms with E-state index in [2.05, 4.69) is 29.8 Å². The van der Waals surface area contributed by atoms with Crippen molar-refractivity contribution in [3.63, 3.8) is 0 Å². The van der Waals surface area contributed by atoms with Crippen molar-refractivity contribution >= 4 is 0 Å². The molecule has 1 aliphatic heterocycles. The summed E-state index contributed by atoms with van der Waals surface area (Å²) < 4.78 is 0. The highest BCUT2D eigenvalue weighted by Gasteiger charge is 2.34. The average Bonchev–Trinajstić information content (AvgIpc) is 2.76. The topological polar surface area (TPSA) is 30.3 Å². The Bertz CT molecular complexity index is 265. The lowest BCUT2D eigenvalue weighted by Gasteiger charge is -2.46. The van der Waals surface area contributed by atoms with Gasteiger partial charge < -0.3 is 4.90 Å². The lowest BCUT2D eigenvalue weighted by atomic mass is 10.0. The molecule has 3 nitrogen and oxygen atoms in total. The van der Waals surface area contributed by atoms with Gasteiger partial charge in [-0.05, 0) is 26.8 Å². The second-order valence-corrected chi connectivity index (χ2v) is 5.44. The number of piperazine rings is 1. The number of rotatable bonds is 2. The van der Waals surface area contributed by atoms with Crippen LogP contribution >= 0.6 is 0 Å². The Labute approximate surface area is 99.0 Å². The van der Waals surface area contributed by atoms with Gasteiger partial charge in [0, 0.05) is 31.2 Å². The highest BCUT2D eigenvalue weighted by Crippen LogP contribution is 2.28. The first kappa shape index (κ1) is 11.9. The zero-order valence-electron chi connectivity index (χ0n) is 10.5. The van der Waals surface area contributed by atoms with Crippen LogP contribution in [0.2, 0.25) is 0 Å². The Morgan fingerprint density at radius 3 is 2.56 bits per heavy atom. The first-order chi connectivity index (χ1) is 7.72. The van der Waals surface area contributed by atoms with Crippen molar-refractivity contribution in [1.29, 1.82) is 5.26 Å². The van der Waals surface area contributed by atoms with Gasteiger partial charge in [-0.25, -0.2) is 0 Å². The fourth-order valence-electron chi connectivity index (χ4n) is 3.18. The number of hydrogen-bond donors (Lipinski definition) is 0. The van der Waals surface area contributed by atoms with Crippen molar-refractivity contribution < 1.29 is 0 Å². The molecule has 16 heavy (non-hydrogen) atoms. The third kappa shape index (κ3) is 2.39. The van der Waals surface area contributed by atoms with Crippen molar-refractivity contribution in [2.45, 2.75) is 57.2 Å². The molecule has 0 aromatic rings. The Morgan fingerprint density at radius 1 is 1.25 bits per heavy atom. The second kappa shape index (κ2) is 5.16. The molecule has 1 heterocycles. The smallest absolute Gasteiger partial charge is 0.0638 e. The van der Waals surface area contributed by atoms with Crippen LogP contribution in [0.3, 0.4) is 0 Å². The van der Waals surface area contributed by atoms with Crippen molar-refractivity contribution in [3.05, 3.63) is 0 Å². The van der Waals surface area contributed by atoms with E-state index < -0.39 is 0 Å². The first-order valence-corrected chi connectivity index (χ1v) is 6.55. The summed E-state index contributed by atoms with van der Waals surface area (Å²) in [6, 6.07) is 4.22. The van der Waals surface area contributed by atoms with Crippen molar-refractivity contribution in [2.24, 2.45) is 0 Å².